The van der Waals surface area contributed by atoms with E-state index >= 15 is 0 Å². The van der Waals surface area contributed by atoms with Crippen LogP contribution in [-0.4, -0.2) is 30.8 Å². The van der Waals surface area contributed by atoms with Crippen molar-refractivity contribution in [2.45, 2.75) is 51.6 Å². The number of ether oxygens (including phenoxy) is 1. The lowest BCUT2D eigenvalue weighted by molar-refractivity contribution is -0.122. The summed E-state index contributed by atoms with van der Waals surface area (Å²) >= 11 is 0. The average molecular weight is 305 g/mol. The van der Waals surface area contributed by atoms with Gasteiger partial charge in [0.25, 0.3) is 0 Å². The number of carbonyl (C=O) groups excluding carboxylic acids is 1. The van der Waals surface area contributed by atoms with Crippen molar-refractivity contribution < 1.29 is 14.6 Å². The zero-order valence-corrected chi connectivity index (χ0v) is 13.8. The molecule has 1 aromatic carbocycles. The summed E-state index contributed by atoms with van der Waals surface area (Å²) < 4.78 is 5.28. The van der Waals surface area contributed by atoms with E-state index in [9.17, 15) is 9.90 Å². The summed E-state index contributed by atoms with van der Waals surface area (Å²) in [4.78, 5) is 12.1. The Labute approximate surface area is 132 Å². The van der Waals surface area contributed by atoms with Gasteiger partial charge in [-0.2, -0.15) is 0 Å². The first kappa shape index (κ1) is 16.8. The molecule has 0 aliphatic heterocycles. The number of carbonyl (C=O) groups is 1. The molecule has 2 unspecified atom stereocenters. The predicted octanol–water partition coefficient (Wildman–Crippen LogP) is 2.64. The summed E-state index contributed by atoms with van der Waals surface area (Å²) in [6, 6.07) is 6.15. The van der Waals surface area contributed by atoms with Crippen LogP contribution in [0.25, 0.3) is 0 Å². The van der Waals surface area contributed by atoms with Gasteiger partial charge in [0, 0.05) is 13.0 Å². The molecule has 1 aliphatic carbocycles. The number of rotatable bonds is 6. The number of benzene rings is 1. The Hall–Kier alpha value is -1.55. The van der Waals surface area contributed by atoms with Gasteiger partial charge in [0.1, 0.15) is 5.75 Å². The van der Waals surface area contributed by atoms with Crippen molar-refractivity contribution in [2.24, 2.45) is 5.92 Å². The summed E-state index contributed by atoms with van der Waals surface area (Å²) in [5.41, 5.74) is 2.57. The molecule has 4 heteroatoms. The van der Waals surface area contributed by atoms with E-state index in [1.165, 1.54) is 11.1 Å². The fraction of sp³-hybridized carbons (Fsp3) is 0.611. The van der Waals surface area contributed by atoms with Crippen LogP contribution >= 0.6 is 0 Å². The van der Waals surface area contributed by atoms with Gasteiger partial charge in [0.2, 0.25) is 5.91 Å². The van der Waals surface area contributed by atoms with E-state index in [0.29, 0.717) is 13.0 Å². The highest BCUT2D eigenvalue weighted by Crippen LogP contribution is 2.35. The van der Waals surface area contributed by atoms with Gasteiger partial charge >= 0.3 is 0 Å². The molecule has 2 rings (SSSR count). The van der Waals surface area contributed by atoms with E-state index < -0.39 is 6.10 Å². The first-order chi connectivity index (χ1) is 10.5. The van der Waals surface area contributed by atoms with E-state index in [1.54, 1.807) is 7.11 Å². The zero-order chi connectivity index (χ0) is 16.1. The van der Waals surface area contributed by atoms with E-state index in [0.717, 1.165) is 25.0 Å². The molecule has 0 saturated heterocycles. The number of aliphatic hydroxyl groups excluding tert-OH is 1. The van der Waals surface area contributed by atoms with Gasteiger partial charge in [-0.25, -0.2) is 0 Å². The molecule has 1 amide bonds. The first-order valence-electron chi connectivity index (χ1n) is 8.12. The number of methoxy groups -OCH3 is 1. The van der Waals surface area contributed by atoms with Crippen LogP contribution in [0.15, 0.2) is 18.2 Å². The third kappa shape index (κ3) is 4.23. The standard InChI is InChI=1S/C18H27NO3/c1-12(2)17(20)11-19-18(21)10-14-6-4-5-13-9-15(22-3)7-8-16(13)14/h7-9,12,14,17,20H,4-6,10-11H2,1-3H3,(H,19,21). The van der Waals surface area contributed by atoms with Crippen molar-refractivity contribution in [3.8, 4) is 5.75 Å². The number of fused-ring (bicyclic) bond motifs is 1. The number of amides is 1. The molecular formula is C18H27NO3. The van der Waals surface area contributed by atoms with E-state index in [1.807, 2.05) is 19.9 Å². The van der Waals surface area contributed by atoms with Gasteiger partial charge in [-0.3, -0.25) is 4.79 Å². The van der Waals surface area contributed by atoms with Crippen molar-refractivity contribution in [1.82, 2.24) is 5.32 Å². The SMILES string of the molecule is COc1ccc2c(c1)CCCC2CC(=O)NCC(O)C(C)C. The van der Waals surface area contributed by atoms with Crippen LogP contribution in [0.4, 0.5) is 0 Å². The Morgan fingerprint density at radius 3 is 2.91 bits per heavy atom. The summed E-state index contributed by atoms with van der Waals surface area (Å²) in [5, 5.41) is 12.6. The molecule has 122 valence electrons. The number of aryl methyl sites for hydroxylation is 1. The lowest BCUT2D eigenvalue weighted by Gasteiger charge is -2.26. The molecule has 0 bridgehead atoms. The lowest BCUT2D eigenvalue weighted by atomic mass is 9.81. The maximum atomic E-state index is 12.1. The smallest absolute Gasteiger partial charge is 0.220 e. The molecule has 0 aromatic heterocycles. The second-order valence-corrected chi connectivity index (χ2v) is 6.47. The average Bonchev–Trinajstić information content (AvgIpc) is 2.52. The molecule has 22 heavy (non-hydrogen) atoms. The second kappa shape index (κ2) is 7.63. The molecule has 0 heterocycles. The monoisotopic (exact) mass is 305 g/mol. The maximum Gasteiger partial charge on any atom is 0.220 e. The van der Waals surface area contributed by atoms with Crippen molar-refractivity contribution in [3.63, 3.8) is 0 Å². The third-order valence-electron chi connectivity index (χ3n) is 4.50. The van der Waals surface area contributed by atoms with Crippen molar-refractivity contribution >= 4 is 5.91 Å². The molecule has 1 aromatic rings. The minimum atomic E-state index is -0.480. The first-order valence-corrected chi connectivity index (χ1v) is 8.12. The number of aliphatic hydroxyl groups is 1. The molecule has 1 aliphatic rings. The van der Waals surface area contributed by atoms with Crippen molar-refractivity contribution in [1.29, 1.82) is 0 Å². The summed E-state index contributed by atoms with van der Waals surface area (Å²) in [6.45, 7) is 4.22. The lowest BCUT2D eigenvalue weighted by Crippen LogP contribution is -2.35. The quantitative estimate of drug-likeness (QED) is 0.849. The number of hydrogen-bond donors (Lipinski definition) is 2. The van der Waals surface area contributed by atoms with Crippen molar-refractivity contribution in [3.05, 3.63) is 29.3 Å². The Kier molecular flexibility index (Phi) is 5.83. The minimum Gasteiger partial charge on any atom is -0.497 e. The van der Waals surface area contributed by atoms with Crippen LogP contribution in [0.3, 0.4) is 0 Å². The Balaban J connectivity index is 1.96. The van der Waals surface area contributed by atoms with Crippen LogP contribution in [0, 0.1) is 5.92 Å². The highest BCUT2D eigenvalue weighted by atomic mass is 16.5. The maximum absolute atomic E-state index is 12.1. The molecule has 0 fully saturated rings. The van der Waals surface area contributed by atoms with E-state index in [-0.39, 0.29) is 17.7 Å². The van der Waals surface area contributed by atoms with Crippen LogP contribution in [0.1, 0.15) is 50.2 Å². The normalized spacial score (nSPS) is 18.7. The number of hydrogen-bond acceptors (Lipinski definition) is 3. The van der Waals surface area contributed by atoms with E-state index in [4.69, 9.17) is 4.74 Å². The topological polar surface area (TPSA) is 58.6 Å². The Morgan fingerprint density at radius 1 is 1.45 bits per heavy atom. The summed E-state index contributed by atoms with van der Waals surface area (Å²) in [6.07, 6.45) is 3.21. The molecule has 0 radical (unpaired) electrons. The third-order valence-corrected chi connectivity index (χ3v) is 4.50. The fourth-order valence-electron chi connectivity index (χ4n) is 2.98. The largest absolute Gasteiger partial charge is 0.497 e. The van der Waals surface area contributed by atoms with Crippen molar-refractivity contribution in [2.75, 3.05) is 13.7 Å². The molecule has 4 nitrogen and oxygen atoms in total. The highest BCUT2D eigenvalue weighted by Gasteiger charge is 2.23. The van der Waals surface area contributed by atoms with Gasteiger partial charge < -0.3 is 15.2 Å². The second-order valence-electron chi connectivity index (χ2n) is 6.47. The van der Waals surface area contributed by atoms with Crippen LogP contribution in [0.5, 0.6) is 5.75 Å². The summed E-state index contributed by atoms with van der Waals surface area (Å²) in [5.74, 6) is 1.33. The van der Waals surface area contributed by atoms with Gasteiger partial charge in [0.05, 0.1) is 13.2 Å². The highest BCUT2D eigenvalue weighted by molar-refractivity contribution is 5.77. The van der Waals surface area contributed by atoms with Gasteiger partial charge in [-0.05, 0) is 54.4 Å². The van der Waals surface area contributed by atoms with E-state index in [2.05, 4.69) is 17.4 Å². The minimum absolute atomic E-state index is 0.0216. The molecular weight excluding hydrogens is 278 g/mol. The van der Waals surface area contributed by atoms with Crippen LogP contribution in [-0.2, 0) is 11.2 Å². The molecule has 2 atom stereocenters. The van der Waals surface area contributed by atoms with Crippen LogP contribution < -0.4 is 10.1 Å². The molecule has 0 saturated carbocycles. The van der Waals surface area contributed by atoms with Gasteiger partial charge in [-0.1, -0.05) is 19.9 Å². The molecule has 0 spiro atoms. The Morgan fingerprint density at radius 2 is 2.23 bits per heavy atom. The van der Waals surface area contributed by atoms with Gasteiger partial charge in [-0.15, -0.1) is 0 Å². The summed E-state index contributed by atoms with van der Waals surface area (Å²) in [7, 11) is 1.68. The molecule has 2 N–H and O–H groups in total. The zero-order valence-electron chi connectivity index (χ0n) is 13.8. The Bertz CT molecular complexity index is 513. The van der Waals surface area contributed by atoms with Crippen LogP contribution in [0.2, 0.25) is 0 Å². The predicted molar refractivity (Wildman–Crippen MR) is 87.1 cm³/mol. The fourth-order valence-corrected chi connectivity index (χ4v) is 2.98. The van der Waals surface area contributed by atoms with Gasteiger partial charge in [0.15, 0.2) is 0 Å². The number of nitrogens with one attached hydrogen (secondary N) is 1.